The lowest BCUT2D eigenvalue weighted by atomic mass is 10.2. The maximum atomic E-state index is 13.7. The second-order valence-electron chi connectivity index (χ2n) is 5.54. The Morgan fingerprint density at radius 1 is 1.10 bits per heavy atom. The number of aromatic nitrogens is 2. The van der Waals surface area contributed by atoms with Gasteiger partial charge in [0.15, 0.2) is 0 Å². The summed E-state index contributed by atoms with van der Waals surface area (Å²) in [5.74, 6) is 0.416. The molecule has 2 heterocycles. The van der Waals surface area contributed by atoms with E-state index in [4.69, 9.17) is 0 Å². The van der Waals surface area contributed by atoms with Crippen LogP contribution in [0.2, 0.25) is 0 Å². The van der Waals surface area contributed by atoms with Gasteiger partial charge in [-0.25, -0.2) is 14.4 Å². The van der Waals surface area contributed by atoms with Gasteiger partial charge in [-0.15, -0.1) is 0 Å². The Bertz CT molecular complexity index is 594. The van der Waals surface area contributed by atoms with E-state index in [1.165, 1.54) is 51.2 Å². The molecule has 3 rings (SSSR count). The van der Waals surface area contributed by atoms with Crippen LogP contribution in [0.25, 0.3) is 10.9 Å². The molecule has 0 aliphatic carbocycles. The maximum Gasteiger partial charge on any atom is 0.149 e. The number of benzene rings is 1. The Balaban J connectivity index is 1.64. The molecule has 0 atom stereocenters. The van der Waals surface area contributed by atoms with Crippen molar-refractivity contribution in [1.82, 2.24) is 14.9 Å². The maximum absolute atomic E-state index is 13.7. The van der Waals surface area contributed by atoms with Crippen molar-refractivity contribution in [1.29, 1.82) is 0 Å². The highest BCUT2D eigenvalue weighted by Gasteiger charge is 2.10. The van der Waals surface area contributed by atoms with Gasteiger partial charge in [0.25, 0.3) is 0 Å². The van der Waals surface area contributed by atoms with Gasteiger partial charge >= 0.3 is 0 Å². The van der Waals surface area contributed by atoms with Gasteiger partial charge in [-0.05, 0) is 38.1 Å². The molecule has 1 saturated heterocycles. The molecule has 0 spiro atoms. The minimum absolute atomic E-state index is 0.300. The molecule has 0 unspecified atom stereocenters. The van der Waals surface area contributed by atoms with Crippen LogP contribution in [-0.2, 0) is 0 Å². The molecule has 0 bridgehead atoms. The first-order valence-electron chi connectivity index (χ1n) is 7.70. The molecule has 21 heavy (non-hydrogen) atoms. The average Bonchev–Trinajstić information content (AvgIpc) is 2.77. The third-order valence-corrected chi connectivity index (χ3v) is 4.03. The number of nitrogens with one attached hydrogen (secondary N) is 1. The van der Waals surface area contributed by atoms with Gasteiger partial charge < -0.3 is 10.2 Å². The van der Waals surface area contributed by atoms with Gasteiger partial charge in [0.1, 0.15) is 23.5 Å². The Hall–Kier alpha value is -1.75. The molecule has 4 nitrogen and oxygen atoms in total. The Labute approximate surface area is 124 Å². The molecule has 0 radical (unpaired) electrons. The third-order valence-electron chi connectivity index (χ3n) is 4.03. The minimum atomic E-state index is -0.300. The fourth-order valence-electron chi connectivity index (χ4n) is 2.88. The zero-order valence-corrected chi connectivity index (χ0v) is 12.2. The van der Waals surface area contributed by atoms with Crippen LogP contribution in [0.5, 0.6) is 0 Å². The number of anilines is 1. The molecule has 1 aliphatic rings. The number of fused-ring (bicyclic) bond motifs is 1. The molecule has 112 valence electrons. The van der Waals surface area contributed by atoms with Crippen molar-refractivity contribution in [2.75, 3.05) is 31.5 Å². The zero-order valence-electron chi connectivity index (χ0n) is 12.2. The smallest absolute Gasteiger partial charge is 0.149 e. The van der Waals surface area contributed by atoms with Crippen LogP contribution in [0.1, 0.15) is 25.7 Å². The van der Waals surface area contributed by atoms with E-state index in [0.29, 0.717) is 11.3 Å². The van der Waals surface area contributed by atoms with Crippen molar-refractivity contribution < 1.29 is 4.39 Å². The molecular weight excluding hydrogens is 267 g/mol. The van der Waals surface area contributed by atoms with Gasteiger partial charge in [0.05, 0.1) is 0 Å². The summed E-state index contributed by atoms with van der Waals surface area (Å²) in [6.45, 7) is 4.19. The van der Waals surface area contributed by atoms with Crippen LogP contribution in [0, 0.1) is 5.82 Å². The highest BCUT2D eigenvalue weighted by Crippen LogP contribution is 2.21. The summed E-state index contributed by atoms with van der Waals surface area (Å²) in [5.41, 5.74) is 0.379. The highest BCUT2D eigenvalue weighted by atomic mass is 19.1. The van der Waals surface area contributed by atoms with E-state index in [1.54, 1.807) is 6.07 Å². The molecule has 5 heteroatoms. The fourth-order valence-corrected chi connectivity index (χ4v) is 2.88. The first-order chi connectivity index (χ1) is 10.3. The van der Waals surface area contributed by atoms with E-state index in [9.17, 15) is 4.39 Å². The monoisotopic (exact) mass is 288 g/mol. The number of nitrogens with zero attached hydrogens (tertiary/aromatic N) is 3. The van der Waals surface area contributed by atoms with E-state index in [-0.39, 0.29) is 5.82 Å². The predicted molar refractivity (Wildman–Crippen MR) is 82.9 cm³/mol. The van der Waals surface area contributed by atoms with Gasteiger partial charge in [-0.1, -0.05) is 18.9 Å². The number of rotatable bonds is 4. The van der Waals surface area contributed by atoms with E-state index >= 15 is 0 Å². The fraction of sp³-hybridized carbons (Fsp3) is 0.500. The van der Waals surface area contributed by atoms with Crippen molar-refractivity contribution >= 4 is 16.7 Å². The van der Waals surface area contributed by atoms with Crippen LogP contribution in [0.4, 0.5) is 10.2 Å². The van der Waals surface area contributed by atoms with Crippen molar-refractivity contribution in [2.45, 2.75) is 25.7 Å². The second-order valence-corrected chi connectivity index (χ2v) is 5.54. The van der Waals surface area contributed by atoms with E-state index in [0.717, 1.165) is 18.5 Å². The Morgan fingerprint density at radius 3 is 2.71 bits per heavy atom. The van der Waals surface area contributed by atoms with E-state index in [2.05, 4.69) is 20.2 Å². The highest BCUT2D eigenvalue weighted by molar-refractivity contribution is 5.89. The summed E-state index contributed by atoms with van der Waals surface area (Å²) in [5, 5.41) is 4.07. The lowest BCUT2D eigenvalue weighted by molar-refractivity contribution is 0.296. The first kappa shape index (κ1) is 14.2. The molecular formula is C16H21FN4. The summed E-state index contributed by atoms with van der Waals surface area (Å²) in [6.07, 6.45) is 6.70. The van der Waals surface area contributed by atoms with Crippen LogP contribution in [0.15, 0.2) is 24.5 Å². The van der Waals surface area contributed by atoms with E-state index < -0.39 is 0 Å². The SMILES string of the molecule is Fc1cccc2c(NCCN3CCCCCC3)ncnc12. The zero-order chi connectivity index (χ0) is 14.5. The lowest BCUT2D eigenvalue weighted by Gasteiger charge is -2.20. The topological polar surface area (TPSA) is 41.0 Å². The minimum Gasteiger partial charge on any atom is -0.368 e. The van der Waals surface area contributed by atoms with Crippen molar-refractivity contribution in [3.63, 3.8) is 0 Å². The molecule has 1 aromatic carbocycles. The summed E-state index contributed by atoms with van der Waals surface area (Å²) < 4.78 is 13.7. The molecule has 1 fully saturated rings. The molecule has 1 aromatic heterocycles. The van der Waals surface area contributed by atoms with Gasteiger partial charge in [-0.2, -0.15) is 0 Å². The van der Waals surface area contributed by atoms with Crippen LogP contribution < -0.4 is 5.32 Å². The van der Waals surface area contributed by atoms with E-state index in [1.807, 2.05) is 6.07 Å². The number of hydrogen-bond donors (Lipinski definition) is 1. The summed E-state index contributed by atoms with van der Waals surface area (Å²) in [4.78, 5) is 10.7. The normalized spacial score (nSPS) is 16.8. The quantitative estimate of drug-likeness (QED) is 0.939. The standard InChI is InChI=1S/C16H21FN4/c17-14-7-5-6-13-15(14)19-12-20-16(13)18-8-11-21-9-3-1-2-4-10-21/h5-7,12H,1-4,8-11H2,(H,18,19,20). The van der Waals surface area contributed by atoms with Gasteiger partial charge in [0.2, 0.25) is 0 Å². The number of hydrogen-bond acceptors (Lipinski definition) is 4. The van der Waals surface area contributed by atoms with Gasteiger partial charge in [0, 0.05) is 18.5 Å². The molecule has 2 aromatic rings. The van der Waals surface area contributed by atoms with Crippen molar-refractivity contribution in [2.24, 2.45) is 0 Å². The molecule has 1 N–H and O–H groups in total. The van der Waals surface area contributed by atoms with Crippen LogP contribution >= 0.6 is 0 Å². The van der Waals surface area contributed by atoms with Gasteiger partial charge in [-0.3, -0.25) is 0 Å². The van der Waals surface area contributed by atoms with Crippen LogP contribution in [-0.4, -0.2) is 41.0 Å². The average molecular weight is 288 g/mol. The molecule has 1 aliphatic heterocycles. The van der Waals surface area contributed by atoms with Crippen molar-refractivity contribution in [3.05, 3.63) is 30.3 Å². The molecule has 0 amide bonds. The lowest BCUT2D eigenvalue weighted by Crippen LogP contribution is -2.30. The molecule has 0 saturated carbocycles. The largest absolute Gasteiger partial charge is 0.368 e. The summed E-state index contributed by atoms with van der Waals surface area (Å²) in [7, 11) is 0. The Morgan fingerprint density at radius 2 is 1.90 bits per heavy atom. The third kappa shape index (κ3) is 3.47. The number of halogens is 1. The summed E-state index contributed by atoms with van der Waals surface area (Å²) in [6, 6.07) is 4.98. The Kier molecular flexibility index (Phi) is 4.60. The second kappa shape index (κ2) is 6.80. The number of para-hydroxylation sites is 1. The van der Waals surface area contributed by atoms with Crippen LogP contribution in [0.3, 0.4) is 0 Å². The first-order valence-corrected chi connectivity index (χ1v) is 7.70. The predicted octanol–water partition coefficient (Wildman–Crippen LogP) is 3.06. The number of likely N-dealkylation sites (tertiary alicyclic amines) is 1. The summed E-state index contributed by atoms with van der Waals surface area (Å²) >= 11 is 0. The van der Waals surface area contributed by atoms with Crippen molar-refractivity contribution in [3.8, 4) is 0 Å².